The molecule has 2 aliphatic rings. The van der Waals surface area contributed by atoms with E-state index in [0.29, 0.717) is 13.0 Å². The van der Waals surface area contributed by atoms with Crippen LogP contribution in [0.5, 0.6) is 0 Å². The van der Waals surface area contributed by atoms with Gasteiger partial charge in [-0.3, -0.25) is 4.79 Å². The number of likely N-dealkylation sites (tertiary alicyclic amines) is 1. The molecule has 3 unspecified atom stereocenters. The van der Waals surface area contributed by atoms with Crippen molar-refractivity contribution in [2.45, 2.75) is 30.7 Å². The van der Waals surface area contributed by atoms with Crippen LogP contribution < -0.4 is 5.73 Å². The Morgan fingerprint density at radius 1 is 1.50 bits per heavy atom. The minimum Gasteiger partial charge on any atom is -0.335 e. The summed E-state index contributed by atoms with van der Waals surface area (Å²) in [5.41, 5.74) is 5.45. The lowest BCUT2D eigenvalue weighted by atomic mass is 10.0. The Bertz CT molecular complexity index is 365. The number of nitrogens with zero attached hydrogens (tertiary/aromatic N) is 1. The first-order valence-corrected chi connectivity index (χ1v) is 6.42. The summed E-state index contributed by atoms with van der Waals surface area (Å²) < 4.78 is 22.9. The summed E-state index contributed by atoms with van der Waals surface area (Å²) >= 11 is 0. The van der Waals surface area contributed by atoms with Crippen LogP contribution in [-0.4, -0.2) is 48.9 Å². The molecule has 2 saturated heterocycles. The lowest BCUT2D eigenvalue weighted by Crippen LogP contribution is -2.65. The van der Waals surface area contributed by atoms with Gasteiger partial charge in [-0.2, -0.15) is 0 Å². The van der Waals surface area contributed by atoms with Crippen LogP contribution in [0.1, 0.15) is 13.3 Å². The van der Waals surface area contributed by atoms with Crippen LogP contribution in [0.3, 0.4) is 0 Å². The highest BCUT2D eigenvalue weighted by Crippen LogP contribution is 2.28. The van der Waals surface area contributed by atoms with Crippen molar-refractivity contribution in [3.8, 4) is 0 Å². The molecule has 0 saturated carbocycles. The van der Waals surface area contributed by atoms with Crippen LogP contribution in [0.2, 0.25) is 0 Å². The monoisotopic (exact) mass is 218 g/mol. The average Bonchev–Trinajstić information content (AvgIpc) is 2.39. The number of nitrogens with two attached hydrogens (primary N) is 1. The lowest BCUT2D eigenvalue weighted by molar-refractivity contribution is -0.145. The van der Waals surface area contributed by atoms with Gasteiger partial charge in [-0.05, 0) is 13.3 Å². The highest BCUT2D eigenvalue weighted by molar-refractivity contribution is 7.92. The third-order valence-corrected chi connectivity index (χ3v) is 5.45. The summed E-state index contributed by atoms with van der Waals surface area (Å²) in [6.07, 6.45) is 0.558. The molecular formula is C8H14N2O3S. The normalized spacial score (nSPS) is 41.1. The molecule has 0 aliphatic carbocycles. The molecule has 0 bridgehead atoms. The molecule has 80 valence electrons. The molecule has 2 aliphatic heterocycles. The number of hydrogen-bond donors (Lipinski definition) is 1. The Balaban J connectivity index is 2.12. The second kappa shape index (κ2) is 2.93. The first kappa shape index (κ1) is 9.92. The first-order chi connectivity index (χ1) is 6.43. The Morgan fingerprint density at radius 2 is 2.14 bits per heavy atom. The summed E-state index contributed by atoms with van der Waals surface area (Å²) in [6, 6.07) is -0.558. The van der Waals surface area contributed by atoms with Crippen molar-refractivity contribution in [2.24, 2.45) is 5.73 Å². The molecule has 1 amide bonds. The van der Waals surface area contributed by atoms with Crippen molar-refractivity contribution >= 4 is 15.7 Å². The van der Waals surface area contributed by atoms with Crippen molar-refractivity contribution in [3.05, 3.63) is 0 Å². The van der Waals surface area contributed by atoms with Crippen LogP contribution in [0.25, 0.3) is 0 Å². The fraction of sp³-hybridized carbons (Fsp3) is 0.875. The van der Waals surface area contributed by atoms with Gasteiger partial charge in [0.15, 0.2) is 9.84 Å². The van der Waals surface area contributed by atoms with E-state index in [4.69, 9.17) is 5.73 Å². The first-order valence-electron chi connectivity index (χ1n) is 4.71. The van der Waals surface area contributed by atoms with Crippen LogP contribution in [0.15, 0.2) is 0 Å². The molecule has 0 aromatic heterocycles. The SMILES string of the molecule is CC1C(N2CC(N)C2=O)CCS1(=O)=O. The number of rotatable bonds is 1. The van der Waals surface area contributed by atoms with Crippen LogP contribution in [0, 0.1) is 0 Å². The molecule has 5 nitrogen and oxygen atoms in total. The van der Waals surface area contributed by atoms with E-state index in [9.17, 15) is 13.2 Å². The van der Waals surface area contributed by atoms with Gasteiger partial charge < -0.3 is 10.6 Å². The van der Waals surface area contributed by atoms with Crippen LogP contribution in [0.4, 0.5) is 0 Å². The summed E-state index contributed by atoms with van der Waals surface area (Å²) in [7, 11) is -2.97. The molecule has 2 rings (SSSR count). The number of carbonyl (C=O) groups is 1. The number of hydrogen-bond acceptors (Lipinski definition) is 4. The number of β-lactam (4-membered cyclic amide) rings is 1. The van der Waals surface area contributed by atoms with Gasteiger partial charge in [-0.15, -0.1) is 0 Å². The third kappa shape index (κ3) is 1.25. The number of amides is 1. The Hall–Kier alpha value is -0.620. The maximum absolute atomic E-state index is 11.4. The predicted molar refractivity (Wildman–Crippen MR) is 51.3 cm³/mol. The largest absolute Gasteiger partial charge is 0.335 e. The van der Waals surface area contributed by atoms with Crippen molar-refractivity contribution < 1.29 is 13.2 Å². The van der Waals surface area contributed by atoms with Gasteiger partial charge in [0.25, 0.3) is 0 Å². The van der Waals surface area contributed by atoms with E-state index in [-0.39, 0.29) is 17.7 Å². The van der Waals surface area contributed by atoms with Gasteiger partial charge in [0.05, 0.1) is 11.0 Å². The molecule has 0 spiro atoms. The smallest absolute Gasteiger partial charge is 0.241 e. The minimum atomic E-state index is -2.97. The van der Waals surface area contributed by atoms with Crippen molar-refractivity contribution in [1.82, 2.24) is 4.90 Å². The topological polar surface area (TPSA) is 80.5 Å². The molecule has 0 aromatic rings. The number of carbonyl (C=O) groups excluding carboxylic acids is 1. The molecule has 0 radical (unpaired) electrons. The second-order valence-electron chi connectivity index (χ2n) is 4.03. The average molecular weight is 218 g/mol. The number of sulfone groups is 1. The Labute approximate surface area is 83.2 Å². The van der Waals surface area contributed by atoms with E-state index < -0.39 is 21.1 Å². The molecule has 0 aromatic carbocycles. The highest BCUT2D eigenvalue weighted by atomic mass is 32.2. The third-order valence-electron chi connectivity index (χ3n) is 3.20. The highest BCUT2D eigenvalue weighted by Gasteiger charge is 2.47. The summed E-state index contributed by atoms with van der Waals surface area (Å²) in [6.45, 7) is 2.17. The van der Waals surface area contributed by atoms with E-state index >= 15 is 0 Å². The van der Waals surface area contributed by atoms with Gasteiger partial charge in [-0.25, -0.2) is 8.42 Å². The molecular weight excluding hydrogens is 204 g/mol. The Kier molecular flexibility index (Phi) is 2.08. The minimum absolute atomic E-state index is 0.112. The van der Waals surface area contributed by atoms with Gasteiger partial charge in [-0.1, -0.05) is 0 Å². The second-order valence-corrected chi connectivity index (χ2v) is 6.50. The zero-order valence-electron chi connectivity index (χ0n) is 8.01. The van der Waals surface area contributed by atoms with E-state index in [1.807, 2.05) is 0 Å². The molecule has 3 atom stereocenters. The maximum Gasteiger partial charge on any atom is 0.241 e. The fourth-order valence-corrected chi connectivity index (χ4v) is 3.84. The van der Waals surface area contributed by atoms with Gasteiger partial charge in [0, 0.05) is 12.6 Å². The van der Waals surface area contributed by atoms with Crippen molar-refractivity contribution in [3.63, 3.8) is 0 Å². The predicted octanol–water partition coefficient (Wildman–Crippen LogP) is -1.27. The molecule has 6 heteroatoms. The van der Waals surface area contributed by atoms with E-state index in [1.165, 1.54) is 0 Å². The summed E-state index contributed by atoms with van der Waals surface area (Å²) in [5, 5.41) is -0.432. The van der Waals surface area contributed by atoms with Crippen molar-refractivity contribution in [1.29, 1.82) is 0 Å². The standard InChI is InChI=1S/C8H14N2O3S/c1-5-7(2-3-14(5,12)13)10-4-6(9)8(10)11/h5-7H,2-4,9H2,1H3. The van der Waals surface area contributed by atoms with E-state index in [2.05, 4.69) is 0 Å². The Morgan fingerprint density at radius 3 is 2.50 bits per heavy atom. The van der Waals surface area contributed by atoms with Gasteiger partial charge >= 0.3 is 0 Å². The van der Waals surface area contributed by atoms with Crippen LogP contribution in [-0.2, 0) is 14.6 Å². The fourth-order valence-electron chi connectivity index (χ4n) is 2.13. The maximum atomic E-state index is 11.4. The summed E-state index contributed by atoms with van der Waals surface area (Å²) in [4.78, 5) is 12.9. The van der Waals surface area contributed by atoms with Gasteiger partial charge in [0.1, 0.15) is 6.04 Å². The van der Waals surface area contributed by atoms with E-state index in [1.54, 1.807) is 11.8 Å². The summed E-state index contributed by atoms with van der Waals surface area (Å²) in [5.74, 6) is 0.0802. The van der Waals surface area contributed by atoms with Gasteiger partial charge in [0.2, 0.25) is 5.91 Å². The molecule has 2 N–H and O–H groups in total. The molecule has 2 heterocycles. The molecule has 2 fully saturated rings. The quantitative estimate of drug-likeness (QED) is 0.557. The van der Waals surface area contributed by atoms with Crippen molar-refractivity contribution in [2.75, 3.05) is 12.3 Å². The zero-order valence-corrected chi connectivity index (χ0v) is 8.83. The van der Waals surface area contributed by atoms with Crippen LogP contribution >= 0.6 is 0 Å². The lowest BCUT2D eigenvalue weighted by Gasteiger charge is -2.41. The van der Waals surface area contributed by atoms with E-state index in [0.717, 1.165) is 0 Å². The zero-order chi connectivity index (χ0) is 10.5. The molecule has 14 heavy (non-hydrogen) atoms.